The summed E-state index contributed by atoms with van der Waals surface area (Å²) in [7, 11) is 0. The van der Waals surface area contributed by atoms with Crippen LogP contribution in [0.5, 0.6) is 0 Å². The number of carbonyl (C=O) groups is 1. The van der Waals surface area contributed by atoms with Crippen LogP contribution < -0.4 is 5.32 Å². The molecule has 4 nitrogen and oxygen atoms in total. The molecular weight excluding hydrogens is 306 g/mol. The molecule has 1 aromatic carbocycles. The van der Waals surface area contributed by atoms with Crippen LogP contribution in [-0.2, 0) is 4.79 Å². The van der Waals surface area contributed by atoms with Crippen LogP contribution in [0, 0.1) is 18.3 Å². The Hall–Kier alpha value is -2.03. The van der Waals surface area contributed by atoms with Gasteiger partial charge in [-0.1, -0.05) is 29.4 Å². The SMILES string of the molecule is Cc1ccc(Cl)cc1NC(=O)CSc1ncccc1C#N. The fourth-order valence-electron chi connectivity index (χ4n) is 1.64. The molecule has 1 heterocycles. The van der Waals surface area contributed by atoms with Crippen molar-refractivity contribution < 1.29 is 4.79 Å². The summed E-state index contributed by atoms with van der Waals surface area (Å²) < 4.78 is 0. The molecule has 6 heteroatoms. The molecule has 106 valence electrons. The van der Waals surface area contributed by atoms with E-state index in [1.807, 2.05) is 13.0 Å². The summed E-state index contributed by atoms with van der Waals surface area (Å²) in [6.45, 7) is 1.89. The van der Waals surface area contributed by atoms with Crippen molar-refractivity contribution in [3.63, 3.8) is 0 Å². The summed E-state index contributed by atoms with van der Waals surface area (Å²) >= 11 is 7.14. The molecule has 0 fully saturated rings. The van der Waals surface area contributed by atoms with Gasteiger partial charge in [-0.3, -0.25) is 4.79 Å². The van der Waals surface area contributed by atoms with Crippen molar-refractivity contribution in [1.29, 1.82) is 5.26 Å². The Morgan fingerprint density at radius 1 is 1.48 bits per heavy atom. The van der Waals surface area contributed by atoms with Gasteiger partial charge in [-0.25, -0.2) is 4.98 Å². The fourth-order valence-corrected chi connectivity index (χ4v) is 2.56. The number of halogens is 1. The van der Waals surface area contributed by atoms with Crippen LogP contribution in [0.2, 0.25) is 5.02 Å². The number of aryl methyl sites for hydroxylation is 1. The van der Waals surface area contributed by atoms with E-state index in [1.165, 1.54) is 11.8 Å². The average Bonchev–Trinajstić information content (AvgIpc) is 2.49. The zero-order chi connectivity index (χ0) is 15.2. The number of benzene rings is 1. The summed E-state index contributed by atoms with van der Waals surface area (Å²) in [5.74, 6) is 0.0115. The van der Waals surface area contributed by atoms with Crippen LogP contribution in [0.15, 0.2) is 41.6 Å². The van der Waals surface area contributed by atoms with Crippen molar-refractivity contribution in [2.45, 2.75) is 11.9 Å². The minimum atomic E-state index is -0.167. The highest BCUT2D eigenvalue weighted by Crippen LogP contribution is 2.22. The van der Waals surface area contributed by atoms with Crippen LogP contribution >= 0.6 is 23.4 Å². The lowest BCUT2D eigenvalue weighted by Gasteiger charge is -2.08. The zero-order valence-corrected chi connectivity index (χ0v) is 12.8. The molecule has 1 aromatic heterocycles. The molecule has 0 bridgehead atoms. The number of carbonyl (C=O) groups excluding carboxylic acids is 1. The number of pyridine rings is 1. The molecule has 0 atom stereocenters. The summed E-state index contributed by atoms with van der Waals surface area (Å²) in [4.78, 5) is 16.1. The van der Waals surface area contributed by atoms with Crippen molar-refractivity contribution in [3.8, 4) is 6.07 Å². The zero-order valence-electron chi connectivity index (χ0n) is 11.3. The van der Waals surface area contributed by atoms with E-state index in [-0.39, 0.29) is 11.7 Å². The minimum Gasteiger partial charge on any atom is -0.325 e. The first-order valence-electron chi connectivity index (χ1n) is 6.14. The minimum absolute atomic E-state index is 0.167. The molecular formula is C15H12ClN3OS. The summed E-state index contributed by atoms with van der Waals surface area (Å²) in [6.07, 6.45) is 1.60. The number of hydrogen-bond acceptors (Lipinski definition) is 4. The van der Waals surface area contributed by atoms with E-state index < -0.39 is 0 Å². The number of aromatic nitrogens is 1. The highest BCUT2D eigenvalue weighted by Gasteiger charge is 2.09. The summed E-state index contributed by atoms with van der Waals surface area (Å²) in [5.41, 5.74) is 2.09. The lowest BCUT2D eigenvalue weighted by molar-refractivity contribution is -0.113. The molecule has 0 radical (unpaired) electrons. The first-order valence-corrected chi connectivity index (χ1v) is 7.50. The Kier molecular flexibility index (Phi) is 5.20. The van der Waals surface area contributed by atoms with Crippen molar-refractivity contribution >= 4 is 35.0 Å². The predicted octanol–water partition coefficient (Wildman–Crippen LogP) is 3.65. The second kappa shape index (κ2) is 7.11. The molecule has 0 aliphatic rings. The van der Waals surface area contributed by atoms with Gasteiger partial charge in [0.15, 0.2) is 0 Å². The standard InChI is InChI=1S/C15H12ClN3OS/c1-10-4-5-12(16)7-13(10)19-14(20)9-21-15-11(8-17)3-2-6-18-15/h2-7H,9H2,1H3,(H,19,20). The Morgan fingerprint density at radius 2 is 2.29 bits per heavy atom. The van der Waals surface area contributed by atoms with Gasteiger partial charge in [0.05, 0.1) is 11.3 Å². The molecule has 0 unspecified atom stereocenters. The molecule has 0 spiro atoms. The van der Waals surface area contributed by atoms with Crippen LogP contribution in [0.4, 0.5) is 5.69 Å². The molecule has 0 aliphatic carbocycles. The van der Waals surface area contributed by atoms with E-state index >= 15 is 0 Å². The van der Waals surface area contributed by atoms with E-state index in [4.69, 9.17) is 16.9 Å². The molecule has 2 aromatic rings. The molecule has 0 aliphatic heterocycles. The van der Waals surface area contributed by atoms with Gasteiger partial charge in [0.2, 0.25) is 5.91 Å². The van der Waals surface area contributed by atoms with Crippen LogP contribution in [0.1, 0.15) is 11.1 Å². The maximum Gasteiger partial charge on any atom is 0.234 e. The van der Waals surface area contributed by atoms with Gasteiger partial charge in [-0.2, -0.15) is 5.26 Å². The van der Waals surface area contributed by atoms with E-state index in [0.29, 0.717) is 21.3 Å². The first-order chi connectivity index (χ1) is 10.1. The van der Waals surface area contributed by atoms with Crippen molar-refractivity contribution in [2.75, 3.05) is 11.1 Å². The Balaban J connectivity index is 2.00. The maximum atomic E-state index is 12.0. The van der Waals surface area contributed by atoms with Crippen molar-refractivity contribution in [1.82, 2.24) is 4.98 Å². The van der Waals surface area contributed by atoms with Crippen molar-refractivity contribution in [3.05, 3.63) is 52.7 Å². The summed E-state index contributed by atoms with van der Waals surface area (Å²) in [5, 5.41) is 12.9. The van der Waals surface area contributed by atoms with Gasteiger partial charge in [0, 0.05) is 16.9 Å². The number of hydrogen-bond donors (Lipinski definition) is 1. The van der Waals surface area contributed by atoms with Gasteiger partial charge >= 0.3 is 0 Å². The second-order valence-corrected chi connectivity index (χ2v) is 5.66. The number of amides is 1. The third kappa shape index (κ3) is 4.22. The fraction of sp³-hybridized carbons (Fsp3) is 0.133. The van der Waals surface area contributed by atoms with Gasteiger partial charge in [-0.05, 0) is 36.8 Å². The monoisotopic (exact) mass is 317 g/mol. The highest BCUT2D eigenvalue weighted by atomic mass is 35.5. The van der Waals surface area contributed by atoms with Crippen LogP contribution in [0.25, 0.3) is 0 Å². The number of nitriles is 1. The summed E-state index contributed by atoms with van der Waals surface area (Å²) in [6, 6.07) is 10.7. The van der Waals surface area contributed by atoms with Gasteiger partial charge < -0.3 is 5.32 Å². The average molecular weight is 318 g/mol. The van der Waals surface area contributed by atoms with Gasteiger partial charge in [0.1, 0.15) is 11.1 Å². The number of anilines is 1. The van der Waals surface area contributed by atoms with E-state index in [0.717, 1.165) is 5.56 Å². The smallest absolute Gasteiger partial charge is 0.234 e. The maximum absolute atomic E-state index is 12.0. The van der Waals surface area contributed by atoms with E-state index in [1.54, 1.807) is 30.5 Å². The molecule has 21 heavy (non-hydrogen) atoms. The van der Waals surface area contributed by atoms with Gasteiger partial charge in [0.25, 0.3) is 0 Å². The number of thioether (sulfide) groups is 1. The lowest BCUT2D eigenvalue weighted by Crippen LogP contribution is -2.15. The Labute approximate surface area is 132 Å². The van der Waals surface area contributed by atoms with E-state index in [9.17, 15) is 4.79 Å². The molecule has 1 N–H and O–H groups in total. The third-order valence-corrected chi connectivity index (χ3v) is 3.95. The van der Waals surface area contributed by atoms with Gasteiger partial charge in [-0.15, -0.1) is 0 Å². The number of rotatable bonds is 4. The molecule has 2 rings (SSSR count). The van der Waals surface area contributed by atoms with Crippen LogP contribution in [-0.4, -0.2) is 16.6 Å². The van der Waals surface area contributed by atoms with Crippen molar-refractivity contribution in [2.24, 2.45) is 0 Å². The van der Waals surface area contributed by atoms with Crippen LogP contribution in [0.3, 0.4) is 0 Å². The largest absolute Gasteiger partial charge is 0.325 e. The number of nitrogens with one attached hydrogen (secondary N) is 1. The lowest BCUT2D eigenvalue weighted by atomic mass is 10.2. The Bertz CT molecular complexity index is 712. The number of nitrogens with zero attached hydrogens (tertiary/aromatic N) is 2. The molecule has 0 saturated heterocycles. The normalized spacial score (nSPS) is 9.95. The first kappa shape index (κ1) is 15.4. The quantitative estimate of drug-likeness (QED) is 0.874. The second-order valence-electron chi connectivity index (χ2n) is 4.26. The predicted molar refractivity (Wildman–Crippen MR) is 84.5 cm³/mol. The third-order valence-electron chi connectivity index (χ3n) is 2.71. The molecule has 0 saturated carbocycles. The molecule has 1 amide bonds. The highest BCUT2D eigenvalue weighted by molar-refractivity contribution is 8.00. The Morgan fingerprint density at radius 3 is 3.05 bits per heavy atom. The van der Waals surface area contributed by atoms with E-state index in [2.05, 4.69) is 16.4 Å². The topological polar surface area (TPSA) is 65.8 Å².